The Kier molecular flexibility index (Phi) is 7.58. The van der Waals surface area contributed by atoms with Crippen LogP contribution in [0.2, 0.25) is 5.02 Å². The Balaban J connectivity index is 1.63. The van der Waals surface area contributed by atoms with Crippen molar-refractivity contribution in [3.63, 3.8) is 0 Å². The molecule has 1 aliphatic heterocycles. The summed E-state index contributed by atoms with van der Waals surface area (Å²) in [4.78, 5) is 12.6. The van der Waals surface area contributed by atoms with Gasteiger partial charge in [-0.1, -0.05) is 29.8 Å². The van der Waals surface area contributed by atoms with E-state index in [2.05, 4.69) is 6.58 Å². The highest BCUT2D eigenvalue weighted by Crippen LogP contribution is 2.36. The fourth-order valence-corrected chi connectivity index (χ4v) is 3.82. The van der Waals surface area contributed by atoms with E-state index in [1.807, 2.05) is 60.7 Å². The number of methoxy groups -OCH3 is 2. The Morgan fingerprint density at radius 1 is 1.00 bits per heavy atom. The van der Waals surface area contributed by atoms with Crippen LogP contribution in [0.15, 0.2) is 85.0 Å². The first-order chi connectivity index (χ1) is 17.0. The topological polar surface area (TPSA) is 54.0 Å². The van der Waals surface area contributed by atoms with Gasteiger partial charge in [-0.05, 0) is 78.2 Å². The third-order valence-electron chi connectivity index (χ3n) is 5.46. The Morgan fingerprint density at radius 3 is 2.40 bits per heavy atom. The van der Waals surface area contributed by atoms with Gasteiger partial charge in [0.05, 0.1) is 19.8 Å². The molecule has 3 aromatic carbocycles. The van der Waals surface area contributed by atoms with Crippen molar-refractivity contribution in [3.05, 3.63) is 112 Å². The van der Waals surface area contributed by atoms with Crippen LogP contribution in [0.3, 0.4) is 0 Å². The normalized spacial score (nSPS) is 13.9. The van der Waals surface area contributed by atoms with Gasteiger partial charge in [0.15, 0.2) is 11.5 Å². The molecule has 0 aromatic heterocycles. The molecule has 5 nitrogen and oxygen atoms in total. The van der Waals surface area contributed by atoms with Crippen LogP contribution in [0.5, 0.6) is 17.2 Å². The van der Waals surface area contributed by atoms with Gasteiger partial charge in [0.1, 0.15) is 18.1 Å². The maximum atomic E-state index is 12.6. The Hall–Kier alpha value is -3.96. The van der Waals surface area contributed by atoms with Crippen molar-refractivity contribution in [1.29, 1.82) is 0 Å². The molecule has 0 saturated carbocycles. The first-order valence-electron chi connectivity index (χ1n) is 11.0. The smallest absolute Gasteiger partial charge is 0.343 e. The highest BCUT2D eigenvalue weighted by atomic mass is 35.5. The zero-order valence-electron chi connectivity index (χ0n) is 19.5. The summed E-state index contributed by atoms with van der Waals surface area (Å²) in [5, 5.41) is 0.672. The second kappa shape index (κ2) is 11.0. The van der Waals surface area contributed by atoms with Gasteiger partial charge in [-0.2, -0.15) is 0 Å². The molecule has 178 valence electrons. The van der Waals surface area contributed by atoms with Gasteiger partial charge in [0, 0.05) is 16.1 Å². The lowest BCUT2D eigenvalue weighted by atomic mass is 10.0. The van der Waals surface area contributed by atoms with Crippen LogP contribution in [0.1, 0.15) is 22.3 Å². The summed E-state index contributed by atoms with van der Waals surface area (Å²) in [5.41, 5.74) is 3.90. The van der Waals surface area contributed by atoms with Crippen LogP contribution in [0, 0.1) is 0 Å². The number of rotatable bonds is 9. The number of allylic oxidation sites excluding steroid dienone is 1. The van der Waals surface area contributed by atoms with Crippen molar-refractivity contribution < 1.29 is 23.7 Å². The third-order valence-corrected chi connectivity index (χ3v) is 5.71. The summed E-state index contributed by atoms with van der Waals surface area (Å²) in [6, 6.07) is 18.6. The fourth-order valence-electron chi connectivity index (χ4n) is 3.69. The number of hydrogen-bond acceptors (Lipinski definition) is 5. The predicted octanol–water partition coefficient (Wildman–Crippen LogP) is 6.65. The van der Waals surface area contributed by atoms with E-state index < -0.39 is 5.97 Å². The zero-order valence-corrected chi connectivity index (χ0v) is 20.3. The molecule has 1 heterocycles. The molecule has 0 saturated heterocycles. The van der Waals surface area contributed by atoms with Gasteiger partial charge in [-0.25, -0.2) is 4.79 Å². The van der Waals surface area contributed by atoms with Crippen LogP contribution < -0.4 is 14.2 Å². The van der Waals surface area contributed by atoms with E-state index in [4.69, 9.17) is 30.5 Å². The maximum Gasteiger partial charge on any atom is 0.343 e. The van der Waals surface area contributed by atoms with Gasteiger partial charge in [0.25, 0.3) is 0 Å². The average molecular weight is 489 g/mol. The summed E-state index contributed by atoms with van der Waals surface area (Å²) in [7, 11) is 3.19. The highest BCUT2D eigenvalue weighted by Gasteiger charge is 2.22. The Labute approximate surface area is 209 Å². The molecule has 4 rings (SSSR count). The number of carbonyl (C=O) groups is 1. The molecule has 1 aliphatic rings. The summed E-state index contributed by atoms with van der Waals surface area (Å²) in [5.74, 6) is 2.01. The zero-order chi connectivity index (χ0) is 24.8. The van der Waals surface area contributed by atoms with Crippen molar-refractivity contribution in [2.24, 2.45) is 0 Å². The van der Waals surface area contributed by atoms with Crippen molar-refractivity contribution in [2.45, 2.75) is 13.0 Å². The minimum absolute atomic E-state index is 0.360. The number of carbonyl (C=O) groups excluding carboxylic acids is 1. The van der Waals surface area contributed by atoms with E-state index in [0.29, 0.717) is 40.9 Å². The van der Waals surface area contributed by atoms with Gasteiger partial charge in [-0.15, -0.1) is 6.58 Å². The maximum absolute atomic E-state index is 12.6. The number of esters is 1. The molecule has 0 aliphatic carbocycles. The van der Waals surface area contributed by atoms with Gasteiger partial charge in [0.2, 0.25) is 0 Å². The van der Waals surface area contributed by atoms with Crippen LogP contribution in [-0.4, -0.2) is 20.2 Å². The standard InChI is InChI=1S/C29H25ClO5/c1-4-5-22-14-20(16-27(33-3)28(22)34-18-19-6-10-24(30)11-7-19)15-23-17-26(35-29(23)31)21-8-12-25(32-2)13-9-21/h4,6-17H,1,5,18H2,2-3H3/b23-15+. The molecule has 0 radical (unpaired) electrons. The molecule has 0 atom stereocenters. The van der Waals surface area contributed by atoms with Gasteiger partial charge >= 0.3 is 5.97 Å². The molecular formula is C29H25ClO5. The summed E-state index contributed by atoms with van der Waals surface area (Å²) in [6.07, 6.45) is 5.87. The molecule has 0 bridgehead atoms. The summed E-state index contributed by atoms with van der Waals surface area (Å²) in [6.45, 7) is 4.22. The van der Waals surface area contributed by atoms with Crippen LogP contribution in [0.4, 0.5) is 0 Å². The summed E-state index contributed by atoms with van der Waals surface area (Å²) < 4.78 is 22.4. The molecule has 0 unspecified atom stereocenters. The van der Waals surface area contributed by atoms with E-state index in [1.165, 1.54) is 0 Å². The molecule has 0 N–H and O–H groups in total. The largest absolute Gasteiger partial charge is 0.497 e. The van der Waals surface area contributed by atoms with Crippen molar-refractivity contribution in [3.8, 4) is 17.2 Å². The first kappa shape index (κ1) is 24.2. The molecule has 35 heavy (non-hydrogen) atoms. The number of halogens is 1. The van der Waals surface area contributed by atoms with Crippen molar-refractivity contribution in [1.82, 2.24) is 0 Å². The van der Waals surface area contributed by atoms with Crippen molar-refractivity contribution in [2.75, 3.05) is 14.2 Å². The lowest BCUT2D eigenvalue weighted by Crippen LogP contribution is -2.02. The Morgan fingerprint density at radius 2 is 1.74 bits per heavy atom. The van der Waals surface area contributed by atoms with Gasteiger partial charge in [-0.3, -0.25) is 0 Å². The van der Waals surface area contributed by atoms with E-state index in [0.717, 1.165) is 28.0 Å². The molecule has 0 fully saturated rings. The van der Waals surface area contributed by atoms with E-state index >= 15 is 0 Å². The molecule has 3 aromatic rings. The Bertz CT molecular complexity index is 1290. The highest BCUT2D eigenvalue weighted by molar-refractivity contribution is 6.30. The molecule has 0 spiro atoms. The van der Waals surface area contributed by atoms with Crippen LogP contribution >= 0.6 is 11.6 Å². The van der Waals surface area contributed by atoms with E-state index in [9.17, 15) is 4.79 Å². The second-order valence-corrected chi connectivity index (χ2v) is 8.28. The minimum Gasteiger partial charge on any atom is -0.497 e. The second-order valence-electron chi connectivity index (χ2n) is 7.85. The minimum atomic E-state index is -0.414. The van der Waals surface area contributed by atoms with Crippen LogP contribution in [0.25, 0.3) is 11.8 Å². The molecule has 0 amide bonds. The SMILES string of the molecule is C=CCc1cc(/C=C2\C=C(c3ccc(OC)cc3)OC2=O)cc(OC)c1OCc1ccc(Cl)cc1. The van der Waals surface area contributed by atoms with E-state index in [-0.39, 0.29) is 0 Å². The lowest BCUT2D eigenvalue weighted by molar-refractivity contribution is -0.130. The number of benzene rings is 3. The lowest BCUT2D eigenvalue weighted by Gasteiger charge is -2.16. The number of hydrogen-bond donors (Lipinski definition) is 0. The number of ether oxygens (including phenoxy) is 4. The van der Waals surface area contributed by atoms with E-state index in [1.54, 1.807) is 32.4 Å². The predicted molar refractivity (Wildman–Crippen MR) is 138 cm³/mol. The number of cyclic esters (lactones) is 1. The van der Waals surface area contributed by atoms with Gasteiger partial charge < -0.3 is 18.9 Å². The fraction of sp³-hybridized carbons (Fsp3) is 0.138. The molecule has 6 heteroatoms. The monoisotopic (exact) mass is 488 g/mol. The average Bonchev–Trinajstić information content (AvgIpc) is 3.24. The first-order valence-corrected chi connectivity index (χ1v) is 11.4. The summed E-state index contributed by atoms with van der Waals surface area (Å²) >= 11 is 5.98. The quantitative estimate of drug-likeness (QED) is 0.192. The van der Waals surface area contributed by atoms with Crippen molar-refractivity contribution >= 4 is 29.4 Å². The third kappa shape index (κ3) is 5.76. The van der Waals surface area contributed by atoms with Crippen LogP contribution in [-0.2, 0) is 22.6 Å². The molecular weight excluding hydrogens is 464 g/mol.